The summed E-state index contributed by atoms with van der Waals surface area (Å²) in [5.41, 5.74) is 4.72. The number of methoxy groups -OCH3 is 2. The van der Waals surface area contributed by atoms with Crippen LogP contribution in [0.3, 0.4) is 0 Å². The number of furan rings is 1. The summed E-state index contributed by atoms with van der Waals surface area (Å²) in [6.07, 6.45) is 4.35. The van der Waals surface area contributed by atoms with Gasteiger partial charge in [-0.25, -0.2) is 4.79 Å². The Morgan fingerprint density at radius 3 is 2.64 bits per heavy atom. The van der Waals surface area contributed by atoms with E-state index >= 15 is 0 Å². The van der Waals surface area contributed by atoms with Gasteiger partial charge in [-0.3, -0.25) is 4.79 Å². The summed E-state index contributed by atoms with van der Waals surface area (Å²) in [5, 5.41) is 10.3. The van der Waals surface area contributed by atoms with Crippen LogP contribution in [-0.2, 0) is 9.59 Å². The summed E-state index contributed by atoms with van der Waals surface area (Å²) >= 11 is 0. The minimum atomic E-state index is -0.971. The lowest BCUT2D eigenvalue weighted by molar-refractivity contribution is -0.146. The number of ether oxygens (including phenoxy) is 2. The van der Waals surface area contributed by atoms with Gasteiger partial charge in [-0.1, -0.05) is 18.2 Å². The van der Waals surface area contributed by atoms with Crippen molar-refractivity contribution < 1.29 is 28.6 Å². The van der Waals surface area contributed by atoms with E-state index < -0.39 is 12.0 Å². The van der Waals surface area contributed by atoms with Crippen LogP contribution in [0.4, 0.5) is 0 Å². The van der Waals surface area contributed by atoms with Crippen LogP contribution in [0.25, 0.3) is 27.7 Å². The highest BCUT2D eigenvalue weighted by Gasteiger charge is 2.33. The first kappa shape index (κ1) is 22.5. The molecule has 0 spiro atoms. The number of carbonyl (C=O) groups is 2. The van der Waals surface area contributed by atoms with E-state index in [1.807, 2.05) is 44.2 Å². The zero-order valence-corrected chi connectivity index (χ0v) is 19.2. The second-order valence-corrected chi connectivity index (χ2v) is 8.16. The summed E-state index contributed by atoms with van der Waals surface area (Å²) in [4.78, 5) is 25.8. The monoisotopic (exact) mass is 449 g/mol. The molecule has 0 bridgehead atoms. The van der Waals surface area contributed by atoms with Gasteiger partial charge in [0.2, 0.25) is 5.91 Å². The Bertz CT molecular complexity index is 1260. The molecular formula is C26H27NO6. The molecule has 172 valence electrons. The number of carboxylic acid groups (broad SMARTS) is 1. The highest BCUT2D eigenvalue weighted by Crippen LogP contribution is 2.42. The smallest absolute Gasteiger partial charge is 0.326 e. The van der Waals surface area contributed by atoms with Gasteiger partial charge in [0.15, 0.2) is 0 Å². The molecule has 7 nitrogen and oxygen atoms in total. The molecule has 33 heavy (non-hydrogen) atoms. The number of likely N-dealkylation sites (tertiary alicyclic amines) is 1. The number of rotatable bonds is 6. The van der Waals surface area contributed by atoms with E-state index in [0.717, 1.165) is 33.4 Å². The number of amides is 1. The standard InChI is InChI=1S/C26H27NO6/c1-15(12-23(28)27-11-7-9-21(27)26(29)30)18-13-19-20(17-8-5-6-10-22(17)31-3)14-33-25(19)16(2)24(18)32-4/h5-6,8,10,12-14,21H,7,9,11H2,1-4H3,(H,29,30)/b15-12+. The molecule has 4 rings (SSSR count). The van der Waals surface area contributed by atoms with Gasteiger partial charge in [0.1, 0.15) is 23.1 Å². The van der Waals surface area contributed by atoms with Gasteiger partial charge in [0.05, 0.1) is 20.5 Å². The van der Waals surface area contributed by atoms with Crippen LogP contribution < -0.4 is 9.47 Å². The SMILES string of the molecule is COc1ccccc1-c1coc2c(C)c(OC)c(/C(C)=C/C(=O)N3CCCC3C(=O)O)cc12. The lowest BCUT2D eigenvalue weighted by atomic mass is 9.96. The minimum Gasteiger partial charge on any atom is -0.496 e. The molecule has 1 fully saturated rings. The Balaban J connectivity index is 1.82. The van der Waals surface area contributed by atoms with Crippen molar-refractivity contribution in [3.63, 3.8) is 0 Å². The minimum absolute atomic E-state index is 0.311. The first-order chi connectivity index (χ1) is 15.9. The van der Waals surface area contributed by atoms with Crippen LogP contribution in [0, 0.1) is 6.92 Å². The second kappa shape index (κ2) is 9.02. The number of hydrogen-bond acceptors (Lipinski definition) is 5. The third-order valence-electron chi connectivity index (χ3n) is 6.23. The normalized spacial score (nSPS) is 16.3. The maximum Gasteiger partial charge on any atom is 0.326 e. The Morgan fingerprint density at radius 1 is 1.18 bits per heavy atom. The molecule has 0 aliphatic carbocycles. The number of allylic oxidation sites excluding steroid dienone is 1. The number of aryl methyl sites for hydroxylation is 1. The van der Waals surface area contributed by atoms with Crippen molar-refractivity contribution in [1.82, 2.24) is 4.90 Å². The number of fused-ring (bicyclic) bond motifs is 1. The summed E-state index contributed by atoms with van der Waals surface area (Å²) < 4.78 is 17.1. The van der Waals surface area contributed by atoms with Crippen LogP contribution in [0.5, 0.6) is 11.5 Å². The first-order valence-corrected chi connectivity index (χ1v) is 10.8. The quantitative estimate of drug-likeness (QED) is 0.538. The van der Waals surface area contributed by atoms with E-state index in [1.165, 1.54) is 11.0 Å². The zero-order chi connectivity index (χ0) is 23.7. The number of hydrogen-bond donors (Lipinski definition) is 1. The molecule has 1 aromatic heterocycles. The van der Waals surface area contributed by atoms with Gasteiger partial charge in [0.25, 0.3) is 0 Å². The van der Waals surface area contributed by atoms with E-state index in [4.69, 9.17) is 13.9 Å². The van der Waals surface area contributed by atoms with Gasteiger partial charge in [0, 0.05) is 40.3 Å². The average molecular weight is 450 g/mol. The van der Waals surface area contributed by atoms with Crippen LogP contribution in [-0.4, -0.2) is 48.7 Å². The predicted molar refractivity (Wildman–Crippen MR) is 126 cm³/mol. The molecule has 2 aromatic carbocycles. The number of para-hydroxylation sites is 1. The molecule has 1 aliphatic rings. The van der Waals surface area contributed by atoms with Crippen molar-refractivity contribution in [2.75, 3.05) is 20.8 Å². The van der Waals surface area contributed by atoms with Crippen LogP contribution >= 0.6 is 0 Å². The lowest BCUT2D eigenvalue weighted by Gasteiger charge is -2.20. The molecule has 3 aromatic rings. The molecule has 1 amide bonds. The van der Waals surface area contributed by atoms with E-state index in [1.54, 1.807) is 20.5 Å². The number of carbonyl (C=O) groups excluding carboxylic acids is 1. The summed E-state index contributed by atoms with van der Waals surface area (Å²) in [5.74, 6) is 0.0588. The number of aliphatic carboxylic acids is 1. The molecule has 1 N–H and O–H groups in total. The van der Waals surface area contributed by atoms with Gasteiger partial charge in [-0.2, -0.15) is 0 Å². The molecule has 7 heteroatoms. The molecule has 2 heterocycles. The highest BCUT2D eigenvalue weighted by molar-refractivity contribution is 6.03. The van der Waals surface area contributed by atoms with E-state index in [0.29, 0.717) is 36.3 Å². The molecule has 1 atom stereocenters. The molecule has 1 aliphatic heterocycles. The lowest BCUT2D eigenvalue weighted by Crippen LogP contribution is -2.39. The van der Waals surface area contributed by atoms with Crippen molar-refractivity contribution >= 4 is 28.4 Å². The van der Waals surface area contributed by atoms with E-state index in [2.05, 4.69) is 0 Å². The van der Waals surface area contributed by atoms with Crippen molar-refractivity contribution in [3.05, 3.63) is 53.8 Å². The van der Waals surface area contributed by atoms with Crippen molar-refractivity contribution in [3.8, 4) is 22.6 Å². The van der Waals surface area contributed by atoms with Gasteiger partial charge in [-0.05, 0) is 44.4 Å². The van der Waals surface area contributed by atoms with Gasteiger partial charge in [-0.15, -0.1) is 0 Å². The van der Waals surface area contributed by atoms with Crippen LogP contribution in [0.15, 0.2) is 47.1 Å². The number of carboxylic acids is 1. The molecule has 0 saturated carbocycles. The van der Waals surface area contributed by atoms with E-state index in [9.17, 15) is 14.7 Å². The maximum absolute atomic E-state index is 12.9. The molecular weight excluding hydrogens is 422 g/mol. The topological polar surface area (TPSA) is 89.2 Å². The summed E-state index contributed by atoms with van der Waals surface area (Å²) in [6.45, 7) is 4.18. The fourth-order valence-corrected chi connectivity index (χ4v) is 4.58. The molecule has 0 radical (unpaired) electrons. The fourth-order valence-electron chi connectivity index (χ4n) is 4.58. The van der Waals surface area contributed by atoms with Gasteiger partial charge >= 0.3 is 5.97 Å². The Labute approximate surface area is 192 Å². The third-order valence-corrected chi connectivity index (χ3v) is 6.23. The number of benzene rings is 2. The fraction of sp³-hybridized carbons (Fsp3) is 0.308. The highest BCUT2D eigenvalue weighted by atomic mass is 16.5. The Morgan fingerprint density at radius 2 is 1.94 bits per heavy atom. The van der Waals surface area contributed by atoms with Crippen molar-refractivity contribution in [2.45, 2.75) is 32.7 Å². The molecule has 1 unspecified atom stereocenters. The predicted octanol–water partition coefficient (Wildman–Crippen LogP) is 4.90. The third kappa shape index (κ3) is 3.95. The molecule has 1 saturated heterocycles. The van der Waals surface area contributed by atoms with Crippen LogP contribution in [0.1, 0.15) is 30.9 Å². The largest absolute Gasteiger partial charge is 0.496 e. The first-order valence-electron chi connectivity index (χ1n) is 10.8. The van der Waals surface area contributed by atoms with E-state index in [-0.39, 0.29) is 5.91 Å². The Hall–Kier alpha value is -3.74. The Kier molecular flexibility index (Phi) is 6.14. The summed E-state index contributed by atoms with van der Waals surface area (Å²) in [7, 11) is 3.21. The van der Waals surface area contributed by atoms with Crippen molar-refractivity contribution in [2.24, 2.45) is 0 Å². The maximum atomic E-state index is 12.9. The second-order valence-electron chi connectivity index (χ2n) is 8.16. The van der Waals surface area contributed by atoms with Crippen molar-refractivity contribution in [1.29, 1.82) is 0 Å². The zero-order valence-electron chi connectivity index (χ0n) is 19.2. The number of nitrogens with zero attached hydrogens (tertiary/aromatic N) is 1. The average Bonchev–Trinajstić information content (AvgIpc) is 3.46. The van der Waals surface area contributed by atoms with Crippen LogP contribution in [0.2, 0.25) is 0 Å². The van der Waals surface area contributed by atoms with Gasteiger partial charge < -0.3 is 23.9 Å². The summed E-state index contributed by atoms with van der Waals surface area (Å²) in [6, 6.07) is 8.87.